The van der Waals surface area contributed by atoms with Crippen LogP contribution in [0.15, 0.2) is 10.9 Å². The van der Waals surface area contributed by atoms with E-state index >= 15 is 0 Å². The van der Waals surface area contributed by atoms with Crippen molar-refractivity contribution in [3.05, 3.63) is 16.6 Å². The second-order valence-electron chi connectivity index (χ2n) is 4.82. The zero-order valence-electron chi connectivity index (χ0n) is 10.5. The highest BCUT2D eigenvalue weighted by molar-refractivity contribution is 7.07. The second kappa shape index (κ2) is 7.80. The Balaban J connectivity index is 1.43. The van der Waals surface area contributed by atoms with Crippen LogP contribution in [0.5, 0.6) is 0 Å². The Kier molecular flexibility index (Phi) is 5.96. The largest absolute Gasteiger partial charge is 0.317 e. The first-order valence-electron chi connectivity index (χ1n) is 6.73. The van der Waals surface area contributed by atoms with Gasteiger partial charge in [-0.3, -0.25) is 0 Å². The summed E-state index contributed by atoms with van der Waals surface area (Å²) in [5.41, 5.74) is 3.13. The molecule has 1 aliphatic rings. The minimum Gasteiger partial charge on any atom is -0.317 e. The summed E-state index contributed by atoms with van der Waals surface area (Å²) in [4.78, 5) is 4.28. The lowest BCUT2D eigenvalue weighted by Crippen LogP contribution is -2.28. The highest BCUT2D eigenvalue weighted by atomic mass is 32.1. The van der Waals surface area contributed by atoms with E-state index in [2.05, 4.69) is 21.0 Å². The van der Waals surface area contributed by atoms with Gasteiger partial charge >= 0.3 is 0 Å². The predicted octanol–water partition coefficient (Wildman–Crippen LogP) is 2.05. The molecule has 1 aromatic rings. The molecule has 0 radical (unpaired) electrons. The number of aromatic nitrogens is 1. The lowest BCUT2D eigenvalue weighted by Gasteiger charge is -2.22. The van der Waals surface area contributed by atoms with Gasteiger partial charge in [0.15, 0.2) is 0 Å². The first-order valence-corrected chi connectivity index (χ1v) is 7.68. The molecule has 0 atom stereocenters. The van der Waals surface area contributed by atoms with E-state index in [1.165, 1.54) is 44.5 Å². The molecule has 0 aromatic carbocycles. The molecule has 1 fully saturated rings. The van der Waals surface area contributed by atoms with Crippen LogP contribution in [-0.2, 0) is 6.42 Å². The maximum absolute atomic E-state index is 4.28. The summed E-state index contributed by atoms with van der Waals surface area (Å²) in [7, 11) is 0. The zero-order chi connectivity index (χ0) is 11.8. The fourth-order valence-corrected chi connectivity index (χ4v) is 2.98. The minimum absolute atomic E-state index is 0.969. The van der Waals surface area contributed by atoms with Gasteiger partial charge in [0, 0.05) is 18.3 Å². The van der Waals surface area contributed by atoms with Crippen LogP contribution in [0.25, 0.3) is 0 Å². The van der Waals surface area contributed by atoms with Crippen LogP contribution >= 0.6 is 11.3 Å². The molecule has 0 spiro atoms. The van der Waals surface area contributed by atoms with E-state index in [1.54, 1.807) is 11.3 Å². The number of piperidine rings is 1. The van der Waals surface area contributed by atoms with Gasteiger partial charge in [-0.15, -0.1) is 11.3 Å². The Morgan fingerprint density at radius 3 is 3.00 bits per heavy atom. The lowest BCUT2D eigenvalue weighted by atomic mass is 9.93. The number of rotatable bonds is 7. The third kappa shape index (κ3) is 5.15. The van der Waals surface area contributed by atoms with Gasteiger partial charge in [-0.05, 0) is 51.2 Å². The Morgan fingerprint density at radius 1 is 1.35 bits per heavy atom. The summed E-state index contributed by atoms with van der Waals surface area (Å²) >= 11 is 1.68. The third-order valence-electron chi connectivity index (χ3n) is 3.47. The lowest BCUT2D eigenvalue weighted by molar-refractivity contribution is 0.345. The summed E-state index contributed by atoms with van der Waals surface area (Å²) in [6, 6.07) is 0. The summed E-state index contributed by atoms with van der Waals surface area (Å²) < 4.78 is 0. The standard InChI is InChI=1S/C13H23N3S/c1(2-12-3-7-15-8-4-12)6-14-9-5-13-10-17-11-16-13/h10-12,14-15H,1-9H2. The number of thiazole rings is 1. The van der Waals surface area contributed by atoms with Crippen molar-refractivity contribution in [2.24, 2.45) is 5.92 Å². The third-order valence-corrected chi connectivity index (χ3v) is 4.10. The van der Waals surface area contributed by atoms with Crippen molar-refractivity contribution in [1.82, 2.24) is 15.6 Å². The van der Waals surface area contributed by atoms with Crippen LogP contribution in [-0.4, -0.2) is 31.2 Å². The fourth-order valence-electron chi connectivity index (χ4n) is 2.39. The molecule has 4 heteroatoms. The van der Waals surface area contributed by atoms with E-state index in [0.29, 0.717) is 0 Å². The highest BCUT2D eigenvalue weighted by Gasteiger charge is 2.11. The van der Waals surface area contributed by atoms with Crippen molar-refractivity contribution in [2.75, 3.05) is 26.2 Å². The summed E-state index contributed by atoms with van der Waals surface area (Å²) in [5.74, 6) is 0.969. The van der Waals surface area contributed by atoms with Gasteiger partial charge in [-0.25, -0.2) is 4.98 Å². The van der Waals surface area contributed by atoms with E-state index in [1.807, 2.05) is 5.51 Å². The average Bonchev–Trinajstić information content (AvgIpc) is 2.88. The van der Waals surface area contributed by atoms with Gasteiger partial charge in [-0.1, -0.05) is 0 Å². The first-order chi connectivity index (χ1) is 8.45. The molecule has 1 aromatic heterocycles. The predicted molar refractivity (Wildman–Crippen MR) is 73.5 cm³/mol. The Labute approximate surface area is 108 Å². The van der Waals surface area contributed by atoms with Crippen LogP contribution < -0.4 is 10.6 Å². The normalized spacial score (nSPS) is 17.4. The maximum Gasteiger partial charge on any atom is 0.0794 e. The van der Waals surface area contributed by atoms with Crippen molar-refractivity contribution in [1.29, 1.82) is 0 Å². The smallest absolute Gasteiger partial charge is 0.0794 e. The fraction of sp³-hybridized carbons (Fsp3) is 0.769. The van der Waals surface area contributed by atoms with Crippen LogP contribution in [0, 0.1) is 5.92 Å². The van der Waals surface area contributed by atoms with Crippen molar-refractivity contribution in [3.8, 4) is 0 Å². The summed E-state index contributed by atoms with van der Waals surface area (Å²) in [6.45, 7) is 4.67. The summed E-state index contributed by atoms with van der Waals surface area (Å²) in [5, 5.41) is 9.07. The second-order valence-corrected chi connectivity index (χ2v) is 5.53. The molecule has 0 bridgehead atoms. The quantitative estimate of drug-likeness (QED) is 0.730. The van der Waals surface area contributed by atoms with Crippen LogP contribution in [0.2, 0.25) is 0 Å². The molecule has 2 heterocycles. The molecule has 1 aliphatic heterocycles. The van der Waals surface area contributed by atoms with Crippen molar-refractivity contribution in [3.63, 3.8) is 0 Å². The molecule has 0 aliphatic carbocycles. The molecule has 0 saturated carbocycles. The molecule has 1 saturated heterocycles. The van der Waals surface area contributed by atoms with Crippen LogP contribution in [0.1, 0.15) is 31.4 Å². The van der Waals surface area contributed by atoms with Gasteiger partial charge in [0.25, 0.3) is 0 Å². The maximum atomic E-state index is 4.28. The SMILES string of the molecule is c1nc(CCNCCCC2CCNCC2)cs1. The van der Waals surface area contributed by atoms with Crippen molar-refractivity contribution < 1.29 is 0 Å². The number of nitrogens with one attached hydrogen (secondary N) is 2. The molecular formula is C13H23N3S. The van der Waals surface area contributed by atoms with Crippen molar-refractivity contribution >= 4 is 11.3 Å². The van der Waals surface area contributed by atoms with E-state index in [0.717, 1.165) is 25.4 Å². The van der Waals surface area contributed by atoms with Gasteiger partial charge in [0.2, 0.25) is 0 Å². The summed E-state index contributed by atoms with van der Waals surface area (Å²) in [6.07, 6.45) is 6.53. The monoisotopic (exact) mass is 253 g/mol. The molecule has 17 heavy (non-hydrogen) atoms. The van der Waals surface area contributed by atoms with Crippen LogP contribution in [0.4, 0.5) is 0 Å². The van der Waals surface area contributed by atoms with Crippen molar-refractivity contribution in [2.45, 2.75) is 32.1 Å². The molecule has 2 N–H and O–H groups in total. The highest BCUT2D eigenvalue weighted by Crippen LogP contribution is 2.16. The number of hydrogen-bond donors (Lipinski definition) is 2. The molecule has 3 nitrogen and oxygen atoms in total. The first kappa shape index (κ1) is 13.0. The van der Waals surface area contributed by atoms with Gasteiger partial charge in [0.05, 0.1) is 11.2 Å². The van der Waals surface area contributed by atoms with E-state index in [-0.39, 0.29) is 0 Å². The molecule has 0 amide bonds. The Morgan fingerprint density at radius 2 is 2.24 bits per heavy atom. The molecular weight excluding hydrogens is 230 g/mol. The Bertz CT molecular complexity index is 281. The van der Waals surface area contributed by atoms with Gasteiger partial charge < -0.3 is 10.6 Å². The van der Waals surface area contributed by atoms with Gasteiger partial charge in [-0.2, -0.15) is 0 Å². The zero-order valence-corrected chi connectivity index (χ0v) is 11.3. The van der Waals surface area contributed by atoms with E-state index in [4.69, 9.17) is 0 Å². The van der Waals surface area contributed by atoms with Gasteiger partial charge in [0.1, 0.15) is 0 Å². The van der Waals surface area contributed by atoms with E-state index < -0.39 is 0 Å². The topological polar surface area (TPSA) is 37.0 Å². The number of hydrogen-bond acceptors (Lipinski definition) is 4. The Hall–Kier alpha value is -0.450. The average molecular weight is 253 g/mol. The van der Waals surface area contributed by atoms with Crippen LogP contribution in [0.3, 0.4) is 0 Å². The minimum atomic E-state index is 0.969. The van der Waals surface area contributed by atoms with E-state index in [9.17, 15) is 0 Å². The molecule has 2 rings (SSSR count). The molecule has 0 unspecified atom stereocenters. The number of nitrogens with zero attached hydrogens (tertiary/aromatic N) is 1. The molecule has 96 valence electrons.